The van der Waals surface area contributed by atoms with Gasteiger partial charge in [0.1, 0.15) is 5.82 Å². The molecule has 1 atom stereocenters. The number of thiophene rings is 1. The maximum Gasteiger partial charge on any atom is 0.257 e. The molecule has 0 fully saturated rings. The molecule has 0 aliphatic carbocycles. The standard InChI is InChI=1S/C16H20N4O2S/c1-8-5-13(9(2)21)23-12(8)4-3-10-6-11-14(18-7-10)19-16(17)20-15(11)22/h5,10H,3-4,6-7H2,1-2H3,(H4,17,18,19,20,22). The predicted molar refractivity (Wildman–Crippen MR) is 92.3 cm³/mol. The summed E-state index contributed by atoms with van der Waals surface area (Å²) in [5.74, 6) is 1.24. The number of nitrogens with one attached hydrogen (secondary N) is 2. The van der Waals surface area contributed by atoms with Gasteiger partial charge in [0.05, 0.1) is 10.4 Å². The van der Waals surface area contributed by atoms with E-state index in [-0.39, 0.29) is 17.3 Å². The van der Waals surface area contributed by atoms with E-state index >= 15 is 0 Å². The van der Waals surface area contributed by atoms with Gasteiger partial charge >= 0.3 is 0 Å². The van der Waals surface area contributed by atoms with E-state index in [2.05, 4.69) is 15.3 Å². The topological polar surface area (TPSA) is 101 Å². The third-order valence-electron chi connectivity index (χ3n) is 4.23. The van der Waals surface area contributed by atoms with Crippen LogP contribution in [0.1, 0.15) is 39.0 Å². The van der Waals surface area contributed by atoms with Crippen molar-refractivity contribution in [3.63, 3.8) is 0 Å². The van der Waals surface area contributed by atoms with Gasteiger partial charge in [0.15, 0.2) is 5.78 Å². The van der Waals surface area contributed by atoms with Crippen LogP contribution in [0.2, 0.25) is 0 Å². The van der Waals surface area contributed by atoms with Gasteiger partial charge in [0.25, 0.3) is 5.56 Å². The Kier molecular flexibility index (Phi) is 4.21. The van der Waals surface area contributed by atoms with Crippen molar-refractivity contribution in [2.75, 3.05) is 17.6 Å². The maximum atomic E-state index is 12.0. The highest BCUT2D eigenvalue weighted by Gasteiger charge is 2.22. The van der Waals surface area contributed by atoms with Crippen LogP contribution in [0.3, 0.4) is 0 Å². The second kappa shape index (κ2) is 6.16. The van der Waals surface area contributed by atoms with Crippen LogP contribution in [-0.2, 0) is 12.8 Å². The first-order chi connectivity index (χ1) is 10.9. The molecule has 2 aromatic rings. The number of aromatic nitrogens is 2. The second-order valence-electron chi connectivity index (χ2n) is 6.04. The Morgan fingerprint density at radius 3 is 3.00 bits per heavy atom. The summed E-state index contributed by atoms with van der Waals surface area (Å²) in [6.07, 6.45) is 2.59. The highest BCUT2D eigenvalue weighted by Crippen LogP contribution is 2.27. The molecule has 3 heterocycles. The molecule has 0 bridgehead atoms. The fourth-order valence-electron chi connectivity index (χ4n) is 2.93. The third-order valence-corrected chi connectivity index (χ3v) is 5.63. The summed E-state index contributed by atoms with van der Waals surface area (Å²) >= 11 is 1.58. The molecule has 0 spiro atoms. The first-order valence-electron chi connectivity index (χ1n) is 7.67. The van der Waals surface area contributed by atoms with Crippen molar-refractivity contribution in [2.24, 2.45) is 5.92 Å². The van der Waals surface area contributed by atoms with E-state index in [4.69, 9.17) is 5.73 Å². The van der Waals surface area contributed by atoms with Crippen molar-refractivity contribution in [3.8, 4) is 0 Å². The number of H-pyrrole nitrogens is 1. The number of hydrogen-bond donors (Lipinski definition) is 3. The lowest BCUT2D eigenvalue weighted by molar-refractivity contribution is 0.102. The molecule has 0 radical (unpaired) electrons. The quantitative estimate of drug-likeness (QED) is 0.745. The minimum absolute atomic E-state index is 0.118. The van der Waals surface area contributed by atoms with E-state index in [0.717, 1.165) is 24.3 Å². The molecule has 0 saturated carbocycles. The summed E-state index contributed by atoms with van der Waals surface area (Å²) in [6.45, 7) is 4.43. The van der Waals surface area contributed by atoms with Crippen molar-refractivity contribution in [1.82, 2.24) is 9.97 Å². The number of ketones is 1. The Bertz CT molecular complexity index is 809. The van der Waals surface area contributed by atoms with Crippen LogP contribution in [0.25, 0.3) is 0 Å². The van der Waals surface area contributed by atoms with Crippen LogP contribution >= 0.6 is 11.3 Å². The van der Waals surface area contributed by atoms with Gasteiger partial charge in [-0.25, -0.2) is 0 Å². The van der Waals surface area contributed by atoms with Gasteiger partial charge in [-0.3, -0.25) is 14.6 Å². The number of rotatable bonds is 4. The number of nitrogen functional groups attached to an aromatic ring is 1. The molecule has 0 aromatic carbocycles. The van der Waals surface area contributed by atoms with Crippen LogP contribution < -0.4 is 16.6 Å². The number of hydrogen-bond acceptors (Lipinski definition) is 6. The Morgan fingerprint density at radius 2 is 2.30 bits per heavy atom. The summed E-state index contributed by atoms with van der Waals surface area (Å²) in [5.41, 5.74) is 7.27. The largest absolute Gasteiger partial charge is 0.369 e. The Hall–Kier alpha value is -2.15. The molecule has 1 unspecified atom stereocenters. The third kappa shape index (κ3) is 3.29. The molecule has 122 valence electrons. The number of nitrogens with two attached hydrogens (primary N) is 1. The number of aryl methyl sites for hydroxylation is 2. The van der Waals surface area contributed by atoms with Crippen LogP contribution in [-0.4, -0.2) is 22.3 Å². The number of Topliss-reactive ketones (excluding diaryl/α,β-unsaturated/α-hetero) is 1. The van der Waals surface area contributed by atoms with Crippen LogP contribution in [0.15, 0.2) is 10.9 Å². The lowest BCUT2D eigenvalue weighted by Crippen LogP contribution is -2.30. The molecule has 4 N–H and O–H groups in total. The number of fused-ring (bicyclic) bond motifs is 1. The van der Waals surface area contributed by atoms with E-state index in [1.807, 2.05) is 13.0 Å². The lowest BCUT2D eigenvalue weighted by Gasteiger charge is -2.24. The number of aromatic amines is 1. The summed E-state index contributed by atoms with van der Waals surface area (Å²) in [6, 6.07) is 1.97. The minimum Gasteiger partial charge on any atom is -0.369 e. The normalized spacial score (nSPS) is 16.7. The summed E-state index contributed by atoms with van der Waals surface area (Å²) in [4.78, 5) is 32.2. The van der Waals surface area contributed by atoms with Crippen LogP contribution in [0.5, 0.6) is 0 Å². The molecule has 1 aliphatic rings. The van der Waals surface area contributed by atoms with Crippen molar-refractivity contribution < 1.29 is 4.79 Å². The highest BCUT2D eigenvalue weighted by molar-refractivity contribution is 7.14. The number of nitrogens with zero attached hydrogens (tertiary/aromatic N) is 1. The lowest BCUT2D eigenvalue weighted by atomic mass is 9.92. The average molecular weight is 332 g/mol. The minimum atomic E-state index is -0.157. The second-order valence-corrected chi connectivity index (χ2v) is 7.18. The van der Waals surface area contributed by atoms with Crippen molar-refractivity contribution in [3.05, 3.63) is 37.3 Å². The predicted octanol–water partition coefficient (Wildman–Crippen LogP) is 2.14. The van der Waals surface area contributed by atoms with Crippen LogP contribution in [0, 0.1) is 12.8 Å². The van der Waals surface area contributed by atoms with Gasteiger partial charge in [0, 0.05) is 11.4 Å². The maximum absolute atomic E-state index is 12.0. The van der Waals surface area contributed by atoms with Crippen LogP contribution in [0.4, 0.5) is 11.8 Å². The zero-order chi connectivity index (χ0) is 16.6. The number of carbonyl (C=O) groups is 1. The molecular formula is C16H20N4O2S. The molecule has 23 heavy (non-hydrogen) atoms. The van der Waals surface area contributed by atoms with E-state index in [9.17, 15) is 9.59 Å². The van der Waals surface area contributed by atoms with Gasteiger partial charge in [-0.2, -0.15) is 4.98 Å². The van der Waals surface area contributed by atoms with E-state index in [1.165, 1.54) is 10.4 Å². The van der Waals surface area contributed by atoms with Gasteiger partial charge in [0.2, 0.25) is 5.95 Å². The van der Waals surface area contributed by atoms with Gasteiger partial charge < -0.3 is 11.1 Å². The summed E-state index contributed by atoms with van der Waals surface area (Å²) < 4.78 is 0. The molecule has 2 aromatic heterocycles. The fraction of sp³-hybridized carbons (Fsp3) is 0.438. The Morgan fingerprint density at radius 1 is 1.52 bits per heavy atom. The number of carbonyl (C=O) groups excluding carboxylic acids is 1. The fourth-order valence-corrected chi connectivity index (χ4v) is 4.02. The molecule has 7 heteroatoms. The van der Waals surface area contributed by atoms with E-state index < -0.39 is 0 Å². The van der Waals surface area contributed by atoms with Crippen molar-refractivity contribution in [1.29, 1.82) is 0 Å². The van der Waals surface area contributed by atoms with E-state index in [0.29, 0.717) is 23.7 Å². The summed E-state index contributed by atoms with van der Waals surface area (Å²) in [7, 11) is 0. The van der Waals surface area contributed by atoms with Gasteiger partial charge in [-0.1, -0.05) is 0 Å². The first kappa shape index (κ1) is 15.7. The van der Waals surface area contributed by atoms with Gasteiger partial charge in [-0.05, 0) is 50.7 Å². The monoisotopic (exact) mass is 332 g/mol. The number of anilines is 2. The van der Waals surface area contributed by atoms with E-state index in [1.54, 1.807) is 18.3 Å². The first-order valence-corrected chi connectivity index (χ1v) is 8.48. The zero-order valence-electron chi connectivity index (χ0n) is 13.2. The molecule has 3 rings (SSSR count). The average Bonchev–Trinajstić information content (AvgIpc) is 2.87. The SMILES string of the molecule is CC(=O)c1cc(C)c(CCC2CNc3nc(N)[nH]c(=O)c3C2)s1. The Labute approximate surface area is 138 Å². The Balaban J connectivity index is 1.68. The smallest absolute Gasteiger partial charge is 0.257 e. The van der Waals surface area contributed by atoms with Gasteiger partial charge in [-0.15, -0.1) is 11.3 Å². The highest BCUT2D eigenvalue weighted by atomic mass is 32.1. The molecular weight excluding hydrogens is 312 g/mol. The summed E-state index contributed by atoms with van der Waals surface area (Å²) in [5, 5.41) is 3.21. The van der Waals surface area contributed by atoms with Crippen molar-refractivity contribution >= 4 is 28.9 Å². The molecule has 0 amide bonds. The van der Waals surface area contributed by atoms with Crippen molar-refractivity contribution in [2.45, 2.75) is 33.1 Å². The zero-order valence-corrected chi connectivity index (χ0v) is 14.0. The molecule has 0 saturated heterocycles. The molecule has 6 nitrogen and oxygen atoms in total. The molecule has 1 aliphatic heterocycles.